The van der Waals surface area contributed by atoms with Gasteiger partial charge >= 0.3 is 0 Å². The van der Waals surface area contributed by atoms with Crippen molar-refractivity contribution in [1.29, 1.82) is 0 Å². The van der Waals surface area contributed by atoms with Crippen LogP contribution >= 0.6 is 0 Å². The maximum Gasteiger partial charge on any atom is 0.00966 e. The second kappa shape index (κ2) is 4.19. The lowest BCUT2D eigenvalue weighted by Crippen LogP contribution is -2.43. The molecule has 1 saturated carbocycles. The molecule has 2 atom stereocenters. The van der Waals surface area contributed by atoms with E-state index in [0.29, 0.717) is 5.41 Å². The van der Waals surface area contributed by atoms with E-state index >= 15 is 0 Å². The molecule has 0 aromatic rings. The molecule has 2 aliphatic rings. The van der Waals surface area contributed by atoms with E-state index < -0.39 is 0 Å². The third kappa shape index (κ3) is 2.29. The van der Waals surface area contributed by atoms with Gasteiger partial charge in [-0.1, -0.05) is 13.8 Å². The van der Waals surface area contributed by atoms with E-state index in [1.54, 1.807) is 0 Å². The summed E-state index contributed by atoms with van der Waals surface area (Å²) in [6, 6.07) is 0.841. The molecule has 0 aromatic carbocycles. The molecule has 82 valence electrons. The maximum absolute atomic E-state index is 3.74. The van der Waals surface area contributed by atoms with Crippen molar-refractivity contribution in [3.63, 3.8) is 0 Å². The second-order valence-corrected chi connectivity index (χ2v) is 5.30. The first-order chi connectivity index (χ1) is 6.76. The number of hydrogen-bond acceptors (Lipinski definition) is 2. The van der Waals surface area contributed by atoms with Crippen LogP contribution in [0, 0.1) is 11.3 Å². The van der Waals surface area contributed by atoms with Crippen LogP contribution in [-0.2, 0) is 0 Å². The number of piperidine rings is 1. The third-order valence-corrected chi connectivity index (χ3v) is 4.26. The van der Waals surface area contributed by atoms with Gasteiger partial charge in [-0.3, -0.25) is 0 Å². The highest BCUT2D eigenvalue weighted by Crippen LogP contribution is 2.34. The Hall–Kier alpha value is -0.0800. The highest BCUT2D eigenvalue weighted by molar-refractivity contribution is 4.93. The summed E-state index contributed by atoms with van der Waals surface area (Å²) in [5, 5.41) is 7.20. The van der Waals surface area contributed by atoms with Crippen LogP contribution in [0.15, 0.2) is 0 Å². The number of nitrogens with one attached hydrogen (secondary N) is 2. The molecular weight excluding hydrogens is 172 g/mol. The van der Waals surface area contributed by atoms with Crippen molar-refractivity contribution in [2.45, 2.75) is 45.6 Å². The normalized spacial score (nSPS) is 35.6. The molecule has 0 aromatic heterocycles. The highest BCUT2D eigenvalue weighted by Gasteiger charge is 2.36. The summed E-state index contributed by atoms with van der Waals surface area (Å²) in [6.07, 6.45) is 5.45. The van der Waals surface area contributed by atoms with Gasteiger partial charge in [0.1, 0.15) is 0 Å². The fourth-order valence-electron chi connectivity index (χ4n) is 2.57. The Morgan fingerprint density at radius 2 is 2.00 bits per heavy atom. The van der Waals surface area contributed by atoms with Gasteiger partial charge in [-0.25, -0.2) is 0 Å². The van der Waals surface area contributed by atoms with Gasteiger partial charge in [0.2, 0.25) is 0 Å². The van der Waals surface area contributed by atoms with Crippen molar-refractivity contribution in [3.05, 3.63) is 0 Å². The Morgan fingerprint density at radius 3 is 2.50 bits per heavy atom. The summed E-state index contributed by atoms with van der Waals surface area (Å²) in [7, 11) is 0. The number of rotatable bonds is 4. The molecule has 0 bridgehead atoms. The Balaban J connectivity index is 1.78. The third-order valence-electron chi connectivity index (χ3n) is 4.26. The van der Waals surface area contributed by atoms with Crippen LogP contribution in [-0.4, -0.2) is 25.7 Å². The first kappa shape index (κ1) is 10.4. The van der Waals surface area contributed by atoms with Crippen LogP contribution < -0.4 is 10.6 Å². The zero-order chi connectivity index (χ0) is 10.0. The van der Waals surface area contributed by atoms with Crippen molar-refractivity contribution in [2.75, 3.05) is 19.6 Å². The highest BCUT2D eigenvalue weighted by atomic mass is 15.0. The average Bonchev–Trinajstić information content (AvgIpc) is 2.93. The Morgan fingerprint density at radius 1 is 1.36 bits per heavy atom. The van der Waals surface area contributed by atoms with E-state index in [4.69, 9.17) is 0 Å². The molecule has 14 heavy (non-hydrogen) atoms. The SMILES string of the molecule is CCC1(CNC2CC2C)CCNCC1. The molecule has 2 unspecified atom stereocenters. The van der Waals surface area contributed by atoms with E-state index in [1.165, 1.54) is 45.3 Å². The standard InChI is InChI=1S/C12H24N2/c1-3-12(4-6-13-7-5-12)9-14-11-8-10(11)2/h10-11,13-14H,3-9H2,1-2H3. The minimum absolute atomic E-state index is 0.605. The molecular formula is C12H24N2. The van der Waals surface area contributed by atoms with Crippen molar-refractivity contribution in [1.82, 2.24) is 10.6 Å². The fourth-order valence-corrected chi connectivity index (χ4v) is 2.57. The monoisotopic (exact) mass is 196 g/mol. The maximum atomic E-state index is 3.74. The predicted octanol–water partition coefficient (Wildman–Crippen LogP) is 1.76. The van der Waals surface area contributed by atoms with Crippen LogP contribution in [0.2, 0.25) is 0 Å². The summed E-state index contributed by atoms with van der Waals surface area (Å²) in [4.78, 5) is 0. The van der Waals surface area contributed by atoms with Crippen LogP contribution in [0.25, 0.3) is 0 Å². The van der Waals surface area contributed by atoms with Crippen LogP contribution in [0.3, 0.4) is 0 Å². The van der Waals surface area contributed by atoms with Crippen LogP contribution in [0.4, 0.5) is 0 Å². The van der Waals surface area contributed by atoms with Gasteiger partial charge in [0.05, 0.1) is 0 Å². The smallest absolute Gasteiger partial charge is 0.00966 e. The summed E-state index contributed by atoms with van der Waals surface area (Å²) in [5.41, 5.74) is 0.605. The van der Waals surface area contributed by atoms with Crippen molar-refractivity contribution < 1.29 is 0 Å². The molecule has 0 amide bonds. The Kier molecular flexibility index (Phi) is 3.13. The molecule has 0 spiro atoms. The molecule has 2 rings (SSSR count). The van der Waals surface area contributed by atoms with Crippen LogP contribution in [0.5, 0.6) is 0 Å². The van der Waals surface area contributed by atoms with E-state index in [9.17, 15) is 0 Å². The number of hydrogen-bond donors (Lipinski definition) is 2. The predicted molar refractivity (Wildman–Crippen MR) is 60.4 cm³/mol. The molecule has 1 aliphatic carbocycles. The zero-order valence-electron chi connectivity index (χ0n) is 9.60. The minimum atomic E-state index is 0.605. The molecule has 1 aliphatic heterocycles. The summed E-state index contributed by atoms with van der Waals surface area (Å²) in [5.74, 6) is 0.936. The zero-order valence-corrected chi connectivity index (χ0v) is 9.60. The van der Waals surface area contributed by atoms with Gasteiger partial charge in [0.25, 0.3) is 0 Å². The summed E-state index contributed by atoms with van der Waals surface area (Å²) in [6.45, 7) is 8.38. The molecule has 0 radical (unpaired) electrons. The van der Waals surface area contributed by atoms with Gasteiger partial charge < -0.3 is 10.6 Å². The molecule has 2 fully saturated rings. The minimum Gasteiger partial charge on any atom is -0.317 e. The lowest BCUT2D eigenvalue weighted by atomic mass is 9.76. The largest absolute Gasteiger partial charge is 0.317 e. The Bertz CT molecular complexity index is 185. The van der Waals surface area contributed by atoms with Gasteiger partial charge in [0, 0.05) is 12.6 Å². The van der Waals surface area contributed by atoms with E-state index in [-0.39, 0.29) is 0 Å². The first-order valence-corrected chi connectivity index (χ1v) is 6.20. The molecule has 1 heterocycles. The topological polar surface area (TPSA) is 24.1 Å². The van der Waals surface area contributed by atoms with Crippen molar-refractivity contribution >= 4 is 0 Å². The van der Waals surface area contributed by atoms with Crippen molar-refractivity contribution in [3.8, 4) is 0 Å². The fraction of sp³-hybridized carbons (Fsp3) is 1.00. The average molecular weight is 196 g/mol. The lowest BCUT2D eigenvalue weighted by molar-refractivity contribution is 0.184. The van der Waals surface area contributed by atoms with Crippen LogP contribution in [0.1, 0.15) is 39.5 Å². The summed E-state index contributed by atoms with van der Waals surface area (Å²) < 4.78 is 0. The lowest BCUT2D eigenvalue weighted by Gasteiger charge is -2.37. The van der Waals surface area contributed by atoms with Crippen molar-refractivity contribution in [2.24, 2.45) is 11.3 Å². The van der Waals surface area contributed by atoms with E-state index in [0.717, 1.165) is 12.0 Å². The quantitative estimate of drug-likeness (QED) is 0.716. The first-order valence-electron chi connectivity index (χ1n) is 6.20. The van der Waals surface area contributed by atoms with E-state index in [1.807, 2.05) is 0 Å². The van der Waals surface area contributed by atoms with Gasteiger partial charge in [0.15, 0.2) is 0 Å². The second-order valence-electron chi connectivity index (χ2n) is 5.30. The molecule has 1 saturated heterocycles. The summed E-state index contributed by atoms with van der Waals surface area (Å²) >= 11 is 0. The van der Waals surface area contributed by atoms with Gasteiger partial charge in [-0.2, -0.15) is 0 Å². The molecule has 2 heteroatoms. The Labute approximate surface area is 87.8 Å². The van der Waals surface area contributed by atoms with Gasteiger partial charge in [-0.15, -0.1) is 0 Å². The van der Waals surface area contributed by atoms with E-state index in [2.05, 4.69) is 24.5 Å². The van der Waals surface area contributed by atoms with Gasteiger partial charge in [-0.05, 0) is 50.1 Å². The molecule has 2 nitrogen and oxygen atoms in total. The molecule has 2 N–H and O–H groups in total.